The van der Waals surface area contributed by atoms with E-state index in [1.165, 1.54) is 77.0 Å². The van der Waals surface area contributed by atoms with Crippen LogP contribution in [-0.4, -0.2) is 4.75 Å². The maximum atomic E-state index is 4.92. The van der Waals surface area contributed by atoms with E-state index in [9.17, 15) is 0 Å². The second-order valence-electron chi connectivity index (χ2n) is 8.00. The smallest absolute Gasteiger partial charge is 0.0306 e. The monoisotopic (exact) mass is 326 g/mol. The van der Waals surface area contributed by atoms with Crippen LogP contribution in [0.1, 0.15) is 105 Å². The summed E-state index contributed by atoms with van der Waals surface area (Å²) in [5, 5.41) is 0. The van der Waals surface area contributed by atoms with Gasteiger partial charge in [-0.05, 0) is 24.7 Å². The molecule has 0 aliphatic carbocycles. The lowest BCUT2D eigenvalue weighted by Crippen LogP contribution is -2.17. The highest BCUT2D eigenvalue weighted by molar-refractivity contribution is 7.82. The summed E-state index contributed by atoms with van der Waals surface area (Å²) in [6.45, 7) is 13.3. The zero-order valence-electron chi connectivity index (χ0n) is 15.9. The Balaban J connectivity index is 3.65. The molecule has 0 nitrogen and oxygen atoms in total. The topological polar surface area (TPSA) is 0 Å². The van der Waals surface area contributed by atoms with Crippen molar-refractivity contribution in [3.05, 3.63) is 12.7 Å². The van der Waals surface area contributed by atoms with Gasteiger partial charge in [0.2, 0.25) is 0 Å². The molecular weight excluding hydrogens is 284 g/mol. The third-order valence-electron chi connectivity index (χ3n) is 4.66. The van der Waals surface area contributed by atoms with Crippen LogP contribution in [0.25, 0.3) is 0 Å². The van der Waals surface area contributed by atoms with Gasteiger partial charge in [-0.15, -0.1) is 6.58 Å². The molecule has 0 aliphatic rings. The van der Waals surface area contributed by atoms with E-state index in [1.54, 1.807) is 0 Å². The minimum atomic E-state index is 0.0795. The highest BCUT2D eigenvalue weighted by Gasteiger charge is 2.20. The van der Waals surface area contributed by atoms with Crippen molar-refractivity contribution >= 4 is 12.6 Å². The zero-order chi connectivity index (χ0) is 16.8. The first-order valence-corrected chi connectivity index (χ1v) is 10.2. The van der Waals surface area contributed by atoms with Gasteiger partial charge in [0.05, 0.1) is 0 Å². The first-order chi connectivity index (χ1) is 10.4. The number of unbranched alkanes of at least 4 members (excludes halogenated alkanes) is 6. The molecule has 0 saturated heterocycles. The lowest BCUT2D eigenvalue weighted by molar-refractivity contribution is 0.474. The van der Waals surface area contributed by atoms with Crippen molar-refractivity contribution in [2.45, 2.75) is 109 Å². The third-order valence-corrected chi connectivity index (χ3v) is 5.29. The number of hydrogen-bond donors (Lipinski definition) is 1. The Labute approximate surface area is 147 Å². The molecule has 1 heteroatoms. The van der Waals surface area contributed by atoms with E-state index in [2.05, 4.69) is 40.3 Å². The van der Waals surface area contributed by atoms with Crippen LogP contribution in [0.5, 0.6) is 0 Å². The Hall–Kier alpha value is 0.0900. The maximum Gasteiger partial charge on any atom is 0.0306 e. The van der Waals surface area contributed by atoms with Gasteiger partial charge in [-0.3, -0.25) is 0 Å². The molecule has 0 aliphatic heterocycles. The van der Waals surface area contributed by atoms with Crippen molar-refractivity contribution in [3.63, 3.8) is 0 Å². The standard InChI is InChI=1S/C21H42S/c1-6-21(22,17-13-9-7-11-15-19(2)3)18-14-10-8-12-16-20(4)5/h6,19-20,22H,1,7-18H2,2-5H3. The average molecular weight is 327 g/mol. The Morgan fingerprint density at radius 2 is 1.09 bits per heavy atom. The second-order valence-corrected chi connectivity index (χ2v) is 8.89. The van der Waals surface area contributed by atoms with E-state index in [0.717, 1.165) is 11.8 Å². The molecule has 0 bridgehead atoms. The average Bonchev–Trinajstić information content (AvgIpc) is 2.46. The van der Waals surface area contributed by atoms with Crippen LogP contribution in [0.15, 0.2) is 12.7 Å². The van der Waals surface area contributed by atoms with Crippen molar-refractivity contribution in [1.82, 2.24) is 0 Å². The normalized spacial score (nSPS) is 12.3. The van der Waals surface area contributed by atoms with Crippen LogP contribution in [0.2, 0.25) is 0 Å². The fourth-order valence-electron chi connectivity index (χ4n) is 3.00. The van der Waals surface area contributed by atoms with Gasteiger partial charge in [-0.25, -0.2) is 0 Å². The van der Waals surface area contributed by atoms with Crippen LogP contribution in [0.3, 0.4) is 0 Å². The van der Waals surface area contributed by atoms with Crippen molar-refractivity contribution in [3.8, 4) is 0 Å². The summed E-state index contributed by atoms with van der Waals surface area (Å²) in [7, 11) is 0. The van der Waals surface area contributed by atoms with Crippen LogP contribution < -0.4 is 0 Å². The summed E-state index contributed by atoms with van der Waals surface area (Å²) in [5.41, 5.74) is 0. The molecule has 22 heavy (non-hydrogen) atoms. The van der Waals surface area contributed by atoms with E-state index < -0.39 is 0 Å². The van der Waals surface area contributed by atoms with E-state index in [0.29, 0.717) is 0 Å². The van der Waals surface area contributed by atoms with Gasteiger partial charge in [-0.1, -0.05) is 98.0 Å². The molecular formula is C21H42S. The molecule has 0 atom stereocenters. The summed E-state index contributed by atoms with van der Waals surface area (Å²) in [6, 6.07) is 0. The third kappa shape index (κ3) is 13.7. The quantitative estimate of drug-likeness (QED) is 0.177. The zero-order valence-corrected chi connectivity index (χ0v) is 16.8. The van der Waals surface area contributed by atoms with E-state index in [4.69, 9.17) is 12.6 Å². The molecule has 0 N–H and O–H groups in total. The van der Waals surface area contributed by atoms with E-state index >= 15 is 0 Å². The van der Waals surface area contributed by atoms with E-state index in [-0.39, 0.29) is 4.75 Å². The van der Waals surface area contributed by atoms with Crippen LogP contribution in [0.4, 0.5) is 0 Å². The molecule has 0 amide bonds. The molecule has 0 heterocycles. The van der Waals surface area contributed by atoms with Gasteiger partial charge in [0.25, 0.3) is 0 Å². The molecule has 0 rings (SSSR count). The molecule has 0 aromatic carbocycles. The van der Waals surface area contributed by atoms with Crippen LogP contribution >= 0.6 is 12.6 Å². The predicted molar refractivity (Wildman–Crippen MR) is 107 cm³/mol. The van der Waals surface area contributed by atoms with Crippen molar-refractivity contribution in [1.29, 1.82) is 0 Å². The fourth-order valence-corrected chi connectivity index (χ4v) is 3.32. The highest BCUT2D eigenvalue weighted by Crippen LogP contribution is 2.30. The van der Waals surface area contributed by atoms with E-state index in [1.807, 2.05) is 0 Å². The second kappa shape index (κ2) is 13.5. The van der Waals surface area contributed by atoms with Crippen molar-refractivity contribution < 1.29 is 0 Å². The molecule has 0 aromatic heterocycles. The van der Waals surface area contributed by atoms with Gasteiger partial charge >= 0.3 is 0 Å². The first-order valence-electron chi connectivity index (χ1n) is 9.75. The van der Waals surface area contributed by atoms with Crippen molar-refractivity contribution in [2.75, 3.05) is 0 Å². The molecule has 0 spiro atoms. The Morgan fingerprint density at radius 1 is 0.727 bits per heavy atom. The van der Waals surface area contributed by atoms with Crippen LogP contribution in [0, 0.1) is 11.8 Å². The highest BCUT2D eigenvalue weighted by atomic mass is 32.1. The molecule has 132 valence electrons. The Morgan fingerprint density at radius 3 is 1.41 bits per heavy atom. The predicted octanol–water partition coefficient (Wildman–Crippen LogP) is 7.83. The molecule has 0 fully saturated rings. The molecule has 0 saturated carbocycles. The van der Waals surface area contributed by atoms with Gasteiger partial charge in [0, 0.05) is 4.75 Å². The van der Waals surface area contributed by atoms with Gasteiger partial charge in [0.1, 0.15) is 0 Å². The largest absolute Gasteiger partial charge is 0.168 e. The summed E-state index contributed by atoms with van der Waals surface area (Å²) in [6.07, 6.45) is 18.1. The SMILES string of the molecule is C=CC(S)(CCCCCCC(C)C)CCCCCCC(C)C. The van der Waals surface area contributed by atoms with Gasteiger partial charge < -0.3 is 0 Å². The summed E-state index contributed by atoms with van der Waals surface area (Å²) in [4.78, 5) is 0. The van der Waals surface area contributed by atoms with Crippen LogP contribution in [-0.2, 0) is 0 Å². The summed E-state index contributed by atoms with van der Waals surface area (Å²) in [5.74, 6) is 1.71. The fraction of sp³-hybridized carbons (Fsp3) is 0.905. The number of hydrogen-bond acceptors (Lipinski definition) is 1. The number of rotatable bonds is 15. The van der Waals surface area contributed by atoms with Crippen molar-refractivity contribution in [2.24, 2.45) is 11.8 Å². The first kappa shape index (κ1) is 22.1. The minimum Gasteiger partial charge on any atom is -0.168 e. The lowest BCUT2D eigenvalue weighted by atomic mass is 9.92. The van der Waals surface area contributed by atoms with Gasteiger partial charge in [-0.2, -0.15) is 12.6 Å². The Bertz CT molecular complexity index is 235. The minimum absolute atomic E-state index is 0.0795. The number of thiol groups is 1. The summed E-state index contributed by atoms with van der Waals surface area (Å²) < 4.78 is 0.0795. The maximum absolute atomic E-state index is 4.92. The summed E-state index contributed by atoms with van der Waals surface area (Å²) >= 11 is 4.92. The molecule has 0 radical (unpaired) electrons. The van der Waals surface area contributed by atoms with Gasteiger partial charge in [0.15, 0.2) is 0 Å². The molecule has 0 aromatic rings. The Kier molecular flexibility index (Phi) is 13.6. The lowest BCUT2D eigenvalue weighted by Gasteiger charge is -2.24. The molecule has 0 unspecified atom stereocenters.